The second kappa shape index (κ2) is 3.72. The van der Waals surface area contributed by atoms with E-state index in [0.717, 1.165) is 6.07 Å². The van der Waals surface area contributed by atoms with Crippen molar-refractivity contribution in [2.24, 2.45) is 0 Å². The van der Waals surface area contributed by atoms with Crippen molar-refractivity contribution >= 4 is 11.6 Å². The molecule has 0 radical (unpaired) electrons. The van der Waals surface area contributed by atoms with Gasteiger partial charge in [0.15, 0.2) is 5.67 Å². The Morgan fingerprint density at radius 1 is 1.47 bits per heavy atom. The Morgan fingerprint density at radius 2 is 2.20 bits per heavy atom. The molecule has 82 valence electrons. The first-order chi connectivity index (χ1) is 7.01. The van der Waals surface area contributed by atoms with Gasteiger partial charge in [-0.15, -0.1) is 0 Å². The molecule has 1 heterocycles. The maximum Gasteiger partial charge on any atom is 0.151 e. The highest BCUT2D eigenvalue weighted by molar-refractivity contribution is 6.31. The maximum atomic E-state index is 14.4. The van der Waals surface area contributed by atoms with Crippen LogP contribution in [0.15, 0.2) is 18.2 Å². The Labute approximate surface area is 92.6 Å². The maximum absolute atomic E-state index is 14.4. The van der Waals surface area contributed by atoms with Crippen LogP contribution in [0.4, 0.5) is 8.78 Å². The molecule has 1 aromatic rings. The van der Waals surface area contributed by atoms with Crippen LogP contribution in [0.2, 0.25) is 5.02 Å². The smallest absolute Gasteiger partial charge is 0.151 e. The van der Waals surface area contributed by atoms with E-state index < -0.39 is 11.5 Å². The van der Waals surface area contributed by atoms with Gasteiger partial charge in [0.1, 0.15) is 5.82 Å². The van der Waals surface area contributed by atoms with Crippen LogP contribution < -0.4 is 0 Å². The number of likely N-dealkylation sites (N-methyl/N-ethyl adjacent to an activating group) is 1. The topological polar surface area (TPSA) is 3.24 Å². The highest BCUT2D eigenvalue weighted by Gasteiger charge is 2.39. The average Bonchev–Trinajstić information content (AvgIpc) is 2.46. The standard InChI is InChI=1S/C11H12ClF2N/c1-15-5-4-11(14,7-15)9-3-2-8(13)6-10(9)12/h2-3,6H,4-5,7H2,1H3. The van der Waals surface area contributed by atoms with E-state index in [1.54, 1.807) is 0 Å². The molecular formula is C11H12ClF2N. The number of likely N-dealkylation sites (tertiary alicyclic amines) is 1. The zero-order valence-corrected chi connectivity index (χ0v) is 9.19. The molecule has 2 rings (SSSR count). The molecule has 4 heteroatoms. The lowest BCUT2D eigenvalue weighted by atomic mass is 9.95. The highest BCUT2D eigenvalue weighted by Crippen LogP contribution is 2.39. The Morgan fingerprint density at radius 3 is 2.73 bits per heavy atom. The fraction of sp³-hybridized carbons (Fsp3) is 0.455. The zero-order valence-electron chi connectivity index (χ0n) is 8.43. The SMILES string of the molecule is CN1CCC(F)(c2ccc(F)cc2Cl)C1. The summed E-state index contributed by atoms with van der Waals surface area (Å²) in [5.74, 6) is -0.432. The molecule has 1 atom stereocenters. The van der Waals surface area contributed by atoms with Gasteiger partial charge in [-0.1, -0.05) is 17.7 Å². The molecule has 0 aliphatic carbocycles. The third kappa shape index (κ3) is 1.99. The molecule has 1 fully saturated rings. The molecule has 1 nitrogen and oxygen atoms in total. The van der Waals surface area contributed by atoms with E-state index in [2.05, 4.69) is 0 Å². The molecule has 15 heavy (non-hydrogen) atoms. The molecule has 0 aromatic heterocycles. The number of rotatable bonds is 1. The molecule has 0 N–H and O–H groups in total. The average molecular weight is 232 g/mol. The number of hydrogen-bond acceptors (Lipinski definition) is 1. The van der Waals surface area contributed by atoms with Crippen LogP contribution in [-0.4, -0.2) is 25.0 Å². The quantitative estimate of drug-likeness (QED) is 0.718. The van der Waals surface area contributed by atoms with Crippen LogP contribution in [0.25, 0.3) is 0 Å². The lowest BCUT2D eigenvalue weighted by Crippen LogP contribution is -2.25. The number of alkyl halides is 1. The van der Waals surface area contributed by atoms with Crippen molar-refractivity contribution in [2.45, 2.75) is 12.1 Å². The predicted molar refractivity (Wildman–Crippen MR) is 56.3 cm³/mol. The number of hydrogen-bond donors (Lipinski definition) is 0. The summed E-state index contributed by atoms with van der Waals surface area (Å²) in [5, 5.41) is 0.174. The van der Waals surface area contributed by atoms with Crippen molar-refractivity contribution < 1.29 is 8.78 Å². The fourth-order valence-corrected chi connectivity index (χ4v) is 2.36. The second-order valence-corrected chi connectivity index (χ2v) is 4.48. The van der Waals surface area contributed by atoms with Gasteiger partial charge < -0.3 is 4.90 Å². The summed E-state index contributed by atoms with van der Waals surface area (Å²) in [7, 11) is 1.86. The van der Waals surface area contributed by atoms with E-state index in [-0.39, 0.29) is 5.02 Å². The van der Waals surface area contributed by atoms with E-state index >= 15 is 0 Å². The van der Waals surface area contributed by atoms with Crippen molar-refractivity contribution in [3.8, 4) is 0 Å². The first kappa shape index (κ1) is 10.8. The zero-order chi connectivity index (χ0) is 11.1. The van der Waals surface area contributed by atoms with Gasteiger partial charge in [0.2, 0.25) is 0 Å². The highest BCUT2D eigenvalue weighted by atomic mass is 35.5. The molecule has 1 saturated heterocycles. The van der Waals surface area contributed by atoms with Gasteiger partial charge in [0.25, 0.3) is 0 Å². The summed E-state index contributed by atoms with van der Waals surface area (Å²) < 4.78 is 27.3. The van der Waals surface area contributed by atoms with E-state index in [1.165, 1.54) is 12.1 Å². The molecule has 0 saturated carbocycles. The van der Waals surface area contributed by atoms with Crippen molar-refractivity contribution in [3.05, 3.63) is 34.6 Å². The van der Waals surface area contributed by atoms with E-state index in [1.807, 2.05) is 11.9 Å². The van der Waals surface area contributed by atoms with Crippen molar-refractivity contribution in [3.63, 3.8) is 0 Å². The van der Waals surface area contributed by atoms with E-state index in [9.17, 15) is 8.78 Å². The lowest BCUT2D eigenvalue weighted by molar-refractivity contribution is 0.175. The minimum absolute atomic E-state index is 0.174. The molecule has 1 aliphatic heterocycles. The summed E-state index contributed by atoms with van der Waals surface area (Å²) in [5.41, 5.74) is -1.03. The third-order valence-electron chi connectivity index (χ3n) is 2.82. The largest absolute Gasteiger partial charge is 0.303 e. The summed E-state index contributed by atoms with van der Waals surface area (Å²) >= 11 is 5.85. The number of halogens is 3. The number of benzene rings is 1. The van der Waals surface area contributed by atoms with E-state index in [4.69, 9.17) is 11.6 Å². The monoisotopic (exact) mass is 231 g/mol. The molecule has 1 unspecified atom stereocenters. The Kier molecular flexibility index (Phi) is 2.69. The van der Waals surface area contributed by atoms with Crippen LogP contribution in [0.5, 0.6) is 0 Å². The van der Waals surface area contributed by atoms with Crippen LogP contribution in [0, 0.1) is 5.82 Å². The second-order valence-electron chi connectivity index (χ2n) is 4.08. The first-order valence-electron chi connectivity index (χ1n) is 4.84. The van der Waals surface area contributed by atoms with Crippen LogP contribution in [-0.2, 0) is 5.67 Å². The van der Waals surface area contributed by atoms with Crippen LogP contribution in [0.1, 0.15) is 12.0 Å². The van der Waals surface area contributed by atoms with Crippen molar-refractivity contribution in [1.29, 1.82) is 0 Å². The summed E-state index contributed by atoms with van der Waals surface area (Å²) in [6.45, 7) is 1.02. The Hall–Kier alpha value is -0.670. The molecule has 1 aromatic carbocycles. The predicted octanol–water partition coefficient (Wildman–Crippen LogP) is 2.98. The van der Waals surface area contributed by atoms with Crippen molar-refractivity contribution in [1.82, 2.24) is 4.90 Å². The minimum atomic E-state index is -1.43. The van der Waals surface area contributed by atoms with Gasteiger partial charge in [-0.3, -0.25) is 0 Å². The summed E-state index contributed by atoms with van der Waals surface area (Å²) in [4.78, 5) is 1.90. The number of nitrogens with zero attached hydrogens (tertiary/aromatic N) is 1. The molecule has 0 bridgehead atoms. The molecule has 0 spiro atoms. The molecule has 0 amide bonds. The first-order valence-corrected chi connectivity index (χ1v) is 5.22. The van der Waals surface area contributed by atoms with Crippen LogP contribution in [0.3, 0.4) is 0 Å². The molecular weight excluding hydrogens is 220 g/mol. The molecule has 1 aliphatic rings. The van der Waals surface area contributed by atoms with Gasteiger partial charge >= 0.3 is 0 Å². The summed E-state index contributed by atoms with van der Waals surface area (Å²) in [6, 6.07) is 3.86. The lowest BCUT2D eigenvalue weighted by Gasteiger charge is -2.21. The van der Waals surface area contributed by atoms with Gasteiger partial charge in [-0.05, 0) is 25.6 Å². The van der Waals surface area contributed by atoms with E-state index in [0.29, 0.717) is 25.1 Å². The van der Waals surface area contributed by atoms with Gasteiger partial charge in [-0.2, -0.15) is 0 Å². The van der Waals surface area contributed by atoms with Gasteiger partial charge in [0.05, 0.1) is 0 Å². The van der Waals surface area contributed by atoms with Gasteiger partial charge in [0, 0.05) is 23.7 Å². The third-order valence-corrected chi connectivity index (χ3v) is 3.14. The van der Waals surface area contributed by atoms with Crippen molar-refractivity contribution in [2.75, 3.05) is 20.1 Å². The Balaban J connectivity index is 2.37. The normalized spacial score (nSPS) is 27.2. The minimum Gasteiger partial charge on any atom is -0.303 e. The van der Waals surface area contributed by atoms with Crippen LogP contribution >= 0.6 is 11.6 Å². The fourth-order valence-electron chi connectivity index (χ4n) is 2.03. The van der Waals surface area contributed by atoms with Gasteiger partial charge in [-0.25, -0.2) is 8.78 Å². The Bertz CT molecular complexity index is 383. The summed E-state index contributed by atoms with van der Waals surface area (Å²) in [6.07, 6.45) is 0.412.